The van der Waals surface area contributed by atoms with Crippen molar-refractivity contribution in [3.63, 3.8) is 0 Å². The molecule has 162 valence electrons. The zero-order valence-electron chi connectivity index (χ0n) is 17.2. The molecule has 4 rings (SSSR count). The van der Waals surface area contributed by atoms with Crippen LogP contribution in [0, 0.1) is 17.6 Å². The Morgan fingerprint density at radius 3 is 2.68 bits per heavy atom. The smallest absolute Gasteiger partial charge is 0.246 e. The Hall–Kier alpha value is -3.23. The van der Waals surface area contributed by atoms with Gasteiger partial charge in [-0.3, -0.25) is 9.59 Å². The summed E-state index contributed by atoms with van der Waals surface area (Å²) in [6, 6.07) is 4.35. The average Bonchev–Trinajstić information content (AvgIpc) is 3.24. The van der Waals surface area contributed by atoms with Gasteiger partial charge in [-0.25, -0.2) is 23.8 Å². The lowest BCUT2D eigenvalue weighted by molar-refractivity contribution is -0.138. The Kier molecular flexibility index (Phi) is 6.01. The molecule has 1 atom stereocenters. The Morgan fingerprint density at radius 2 is 1.94 bits per heavy atom. The molecule has 0 bridgehead atoms. The lowest BCUT2D eigenvalue weighted by Gasteiger charge is -2.34. The van der Waals surface area contributed by atoms with Crippen LogP contribution in [0.3, 0.4) is 0 Å². The third kappa shape index (κ3) is 4.60. The standard InChI is InChI=1S/C22H23F2N5O2/c1-14(30)12-17-4-8-25-22(27-17)28-10-6-15(7-11-28)21(31)29-20(5-9-26-29)18-13-16(23)2-3-19(18)24/h2-4,8-9,13,15,20H,5-7,10-12H2,1H3/t20-/m0/s1. The highest BCUT2D eigenvalue weighted by Gasteiger charge is 2.36. The van der Waals surface area contributed by atoms with Crippen molar-refractivity contribution in [2.45, 2.75) is 38.6 Å². The lowest BCUT2D eigenvalue weighted by Crippen LogP contribution is -2.41. The van der Waals surface area contributed by atoms with Crippen LogP contribution in [0.25, 0.3) is 0 Å². The van der Waals surface area contributed by atoms with Crippen molar-refractivity contribution in [3.05, 3.63) is 53.4 Å². The number of piperidine rings is 1. The number of hydrogen-bond donors (Lipinski definition) is 0. The van der Waals surface area contributed by atoms with Gasteiger partial charge in [-0.1, -0.05) is 0 Å². The minimum Gasteiger partial charge on any atom is -0.341 e. The molecule has 0 saturated carbocycles. The van der Waals surface area contributed by atoms with Crippen molar-refractivity contribution in [2.24, 2.45) is 11.0 Å². The molecule has 31 heavy (non-hydrogen) atoms. The van der Waals surface area contributed by atoms with E-state index in [1.807, 2.05) is 4.90 Å². The Bertz CT molecular complexity index is 1020. The Balaban J connectivity index is 1.42. The zero-order valence-corrected chi connectivity index (χ0v) is 17.2. The van der Waals surface area contributed by atoms with Gasteiger partial charge in [-0.15, -0.1) is 0 Å². The molecule has 1 aromatic heterocycles. The van der Waals surface area contributed by atoms with Gasteiger partial charge in [-0.2, -0.15) is 5.10 Å². The maximum Gasteiger partial charge on any atom is 0.246 e. The fourth-order valence-electron chi connectivity index (χ4n) is 4.06. The number of amides is 1. The molecule has 1 amide bonds. The van der Waals surface area contributed by atoms with Gasteiger partial charge in [0.2, 0.25) is 11.9 Å². The number of anilines is 1. The highest BCUT2D eigenvalue weighted by atomic mass is 19.1. The second kappa shape index (κ2) is 8.87. The normalized spacial score (nSPS) is 19.1. The number of halogens is 2. The maximum atomic E-state index is 14.2. The summed E-state index contributed by atoms with van der Waals surface area (Å²) in [4.78, 5) is 35.2. The molecule has 3 heterocycles. The van der Waals surface area contributed by atoms with E-state index in [9.17, 15) is 18.4 Å². The molecule has 2 aliphatic heterocycles. The summed E-state index contributed by atoms with van der Waals surface area (Å²) in [6.07, 6.45) is 4.95. The number of ketones is 1. The SMILES string of the molecule is CC(=O)Cc1ccnc(N2CCC(C(=O)N3N=CC[C@H]3c3cc(F)ccc3F)CC2)n1. The van der Waals surface area contributed by atoms with E-state index < -0.39 is 17.7 Å². The largest absolute Gasteiger partial charge is 0.341 e. The topological polar surface area (TPSA) is 78.8 Å². The van der Waals surface area contributed by atoms with Gasteiger partial charge in [0.25, 0.3) is 0 Å². The molecule has 0 aliphatic carbocycles. The molecule has 1 saturated heterocycles. The van der Waals surface area contributed by atoms with Crippen LogP contribution in [0.4, 0.5) is 14.7 Å². The van der Waals surface area contributed by atoms with Crippen molar-refractivity contribution in [1.29, 1.82) is 0 Å². The maximum absolute atomic E-state index is 14.2. The van der Waals surface area contributed by atoms with Crippen LogP contribution in [0.2, 0.25) is 0 Å². The second-order valence-electron chi connectivity index (χ2n) is 7.89. The summed E-state index contributed by atoms with van der Waals surface area (Å²) < 4.78 is 27.9. The summed E-state index contributed by atoms with van der Waals surface area (Å²) in [5.74, 6) is -0.976. The number of rotatable bonds is 5. The number of aromatic nitrogens is 2. The number of hydrogen-bond acceptors (Lipinski definition) is 6. The van der Waals surface area contributed by atoms with Crippen LogP contribution in [0.1, 0.15) is 43.5 Å². The van der Waals surface area contributed by atoms with E-state index in [2.05, 4.69) is 15.1 Å². The predicted molar refractivity (Wildman–Crippen MR) is 110 cm³/mol. The van der Waals surface area contributed by atoms with Crippen LogP contribution in [0.15, 0.2) is 35.6 Å². The zero-order chi connectivity index (χ0) is 22.0. The number of benzene rings is 1. The molecule has 1 fully saturated rings. The summed E-state index contributed by atoms with van der Waals surface area (Å²) in [5, 5.41) is 5.45. The molecule has 9 heteroatoms. The first-order valence-corrected chi connectivity index (χ1v) is 10.3. The molecule has 0 unspecified atom stereocenters. The van der Waals surface area contributed by atoms with Crippen molar-refractivity contribution in [1.82, 2.24) is 15.0 Å². The highest BCUT2D eigenvalue weighted by Crippen LogP contribution is 2.33. The quantitative estimate of drug-likeness (QED) is 0.733. The number of nitrogens with zero attached hydrogens (tertiary/aromatic N) is 5. The fourth-order valence-corrected chi connectivity index (χ4v) is 4.06. The second-order valence-corrected chi connectivity index (χ2v) is 7.89. The van der Waals surface area contributed by atoms with Crippen LogP contribution in [-0.4, -0.2) is 46.0 Å². The summed E-state index contributed by atoms with van der Waals surface area (Å²) >= 11 is 0. The first-order chi connectivity index (χ1) is 14.9. The van der Waals surface area contributed by atoms with Crippen molar-refractivity contribution >= 4 is 23.9 Å². The molecule has 0 radical (unpaired) electrons. The third-order valence-corrected chi connectivity index (χ3v) is 5.63. The molecule has 7 nitrogen and oxygen atoms in total. The van der Waals surface area contributed by atoms with Crippen LogP contribution in [0.5, 0.6) is 0 Å². The average molecular weight is 427 g/mol. The van der Waals surface area contributed by atoms with Gasteiger partial charge in [0, 0.05) is 49.8 Å². The van der Waals surface area contributed by atoms with Crippen molar-refractivity contribution < 1.29 is 18.4 Å². The fraction of sp³-hybridized carbons (Fsp3) is 0.409. The van der Waals surface area contributed by atoms with Crippen molar-refractivity contribution in [3.8, 4) is 0 Å². The third-order valence-electron chi connectivity index (χ3n) is 5.63. The molecule has 2 aromatic rings. The molecular weight excluding hydrogens is 404 g/mol. The first kappa shape index (κ1) is 21.0. The van der Waals surface area contributed by atoms with E-state index in [0.717, 1.165) is 18.2 Å². The van der Waals surface area contributed by atoms with Crippen LogP contribution >= 0.6 is 0 Å². The van der Waals surface area contributed by atoms with E-state index >= 15 is 0 Å². The Morgan fingerprint density at radius 1 is 1.16 bits per heavy atom. The van der Waals surface area contributed by atoms with E-state index in [1.54, 1.807) is 18.5 Å². The molecule has 0 N–H and O–H groups in total. The summed E-state index contributed by atoms with van der Waals surface area (Å²) in [6.45, 7) is 2.68. The van der Waals surface area contributed by atoms with Gasteiger partial charge in [0.1, 0.15) is 17.4 Å². The van der Waals surface area contributed by atoms with Crippen LogP contribution in [-0.2, 0) is 16.0 Å². The molecule has 0 spiro atoms. The van der Waals surface area contributed by atoms with E-state index in [-0.39, 0.29) is 29.6 Å². The van der Waals surface area contributed by atoms with Crippen LogP contribution < -0.4 is 4.90 Å². The molecule has 1 aromatic carbocycles. The number of carbonyl (C=O) groups excluding carboxylic acids is 2. The predicted octanol–water partition coefficient (Wildman–Crippen LogP) is 3.06. The summed E-state index contributed by atoms with van der Waals surface area (Å²) in [5.41, 5.74) is 0.807. The summed E-state index contributed by atoms with van der Waals surface area (Å²) in [7, 11) is 0. The van der Waals surface area contributed by atoms with Gasteiger partial charge < -0.3 is 4.90 Å². The minimum absolute atomic E-state index is 0.0319. The number of carbonyl (C=O) groups is 2. The minimum atomic E-state index is -0.632. The van der Waals surface area contributed by atoms with E-state index in [0.29, 0.717) is 44.0 Å². The van der Waals surface area contributed by atoms with E-state index in [1.165, 1.54) is 11.9 Å². The first-order valence-electron chi connectivity index (χ1n) is 10.3. The lowest BCUT2D eigenvalue weighted by atomic mass is 9.94. The molecular formula is C22H23F2N5O2. The monoisotopic (exact) mass is 427 g/mol. The highest BCUT2D eigenvalue weighted by molar-refractivity contribution is 5.82. The number of hydrazone groups is 1. The Labute approximate surface area is 178 Å². The van der Waals surface area contributed by atoms with Gasteiger partial charge in [0.15, 0.2) is 0 Å². The van der Waals surface area contributed by atoms with Gasteiger partial charge in [-0.05, 0) is 44.0 Å². The van der Waals surface area contributed by atoms with Crippen molar-refractivity contribution in [2.75, 3.05) is 18.0 Å². The van der Waals surface area contributed by atoms with Gasteiger partial charge >= 0.3 is 0 Å². The van der Waals surface area contributed by atoms with E-state index in [4.69, 9.17) is 0 Å². The molecule has 2 aliphatic rings. The van der Waals surface area contributed by atoms with Gasteiger partial charge in [0.05, 0.1) is 11.7 Å². The number of Topliss-reactive ketones (excluding diaryl/α,β-unsaturated/α-hetero) is 1.